The number of nitrogens with one attached hydrogen (secondary N) is 1. The number of carbonyl (C=O) groups excluding carboxylic acids is 1. The van der Waals surface area contributed by atoms with Crippen LogP contribution in [0.3, 0.4) is 0 Å². The summed E-state index contributed by atoms with van der Waals surface area (Å²) in [7, 11) is 0. The zero-order chi connectivity index (χ0) is 13.9. The van der Waals surface area contributed by atoms with Crippen LogP contribution in [0.15, 0.2) is 24.3 Å². The minimum Gasteiger partial charge on any atom is -0.482 e. The first-order chi connectivity index (χ1) is 9.74. The first kappa shape index (κ1) is 13.2. The maximum Gasteiger partial charge on any atom is 0.258 e. The number of rotatable bonds is 4. The Labute approximate surface area is 119 Å². The summed E-state index contributed by atoms with van der Waals surface area (Å²) in [4.78, 5) is 14.4. The van der Waals surface area contributed by atoms with Gasteiger partial charge in [-0.25, -0.2) is 0 Å². The summed E-state index contributed by atoms with van der Waals surface area (Å²) in [5, 5.41) is 3.09. The summed E-state index contributed by atoms with van der Waals surface area (Å²) in [5.41, 5.74) is 6.34. The number of carbonyl (C=O) groups is 1. The second-order valence-electron chi connectivity index (χ2n) is 5.53. The van der Waals surface area contributed by atoms with Crippen molar-refractivity contribution in [3.05, 3.63) is 24.3 Å². The van der Waals surface area contributed by atoms with Gasteiger partial charge in [-0.05, 0) is 37.9 Å². The van der Waals surface area contributed by atoms with E-state index in [4.69, 9.17) is 10.5 Å². The summed E-state index contributed by atoms with van der Waals surface area (Å²) < 4.78 is 5.47. The van der Waals surface area contributed by atoms with Gasteiger partial charge in [0.05, 0.1) is 5.69 Å². The van der Waals surface area contributed by atoms with E-state index in [-0.39, 0.29) is 18.6 Å². The van der Waals surface area contributed by atoms with Crippen LogP contribution in [0, 0.1) is 0 Å². The molecule has 1 aromatic rings. The average molecular weight is 275 g/mol. The highest BCUT2D eigenvalue weighted by Crippen LogP contribution is 2.27. The summed E-state index contributed by atoms with van der Waals surface area (Å²) >= 11 is 0. The van der Waals surface area contributed by atoms with Crippen LogP contribution in [0.1, 0.15) is 19.3 Å². The Balaban J connectivity index is 1.49. The zero-order valence-electron chi connectivity index (χ0n) is 11.5. The van der Waals surface area contributed by atoms with Gasteiger partial charge >= 0.3 is 0 Å². The van der Waals surface area contributed by atoms with Crippen LogP contribution in [-0.4, -0.2) is 42.6 Å². The average Bonchev–Trinajstić information content (AvgIpc) is 3.03. The van der Waals surface area contributed by atoms with E-state index in [1.165, 1.54) is 19.4 Å². The minimum atomic E-state index is -0.0630. The SMILES string of the molecule is Nc1ccccc1OCC(=O)NC1CCN2CCCC12. The van der Waals surface area contributed by atoms with Crippen LogP contribution in [0.25, 0.3) is 0 Å². The Morgan fingerprint density at radius 2 is 2.20 bits per heavy atom. The number of benzene rings is 1. The van der Waals surface area contributed by atoms with Crippen molar-refractivity contribution in [2.75, 3.05) is 25.4 Å². The molecule has 0 bridgehead atoms. The summed E-state index contributed by atoms with van der Waals surface area (Å²) in [6.45, 7) is 2.30. The van der Waals surface area contributed by atoms with Gasteiger partial charge in [0.15, 0.2) is 6.61 Å². The lowest BCUT2D eigenvalue weighted by atomic mass is 10.1. The molecule has 2 saturated heterocycles. The van der Waals surface area contributed by atoms with Gasteiger partial charge in [0, 0.05) is 18.6 Å². The van der Waals surface area contributed by atoms with E-state index in [0.717, 1.165) is 13.0 Å². The molecule has 0 spiro atoms. The van der Waals surface area contributed by atoms with E-state index < -0.39 is 0 Å². The molecule has 0 radical (unpaired) electrons. The predicted molar refractivity (Wildman–Crippen MR) is 77.5 cm³/mol. The number of anilines is 1. The van der Waals surface area contributed by atoms with Crippen molar-refractivity contribution < 1.29 is 9.53 Å². The van der Waals surface area contributed by atoms with Crippen LogP contribution in [0.4, 0.5) is 5.69 Å². The van der Waals surface area contributed by atoms with E-state index in [2.05, 4.69) is 10.2 Å². The van der Waals surface area contributed by atoms with Gasteiger partial charge in [-0.3, -0.25) is 9.69 Å². The monoisotopic (exact) mass is 275 g/mol. The van der Waals surface area contributed by atoms with E-state index in [1.807, 2.05) is 12.1 Å². The Kier molecular flexibility index (Phi) is 3.78. The van der Waals surface area contributed by atoms with Gasteiger partial charge in [-0.1, -0.05) is 12.1 Å². The Morgan fingerprint density at radius 3 is 3.05 bits per heavy atom. The Bertz CT molecular complexity index is 492. The first-order valence-corrected chi connectivity index (χ1v) is 7.25. The maximum absolute atomic E-state index is 12.0. The lowest BCUT2D eigenvalue weighted by molar-refractivity contribution is -0.123. The van der Waals surface area contributed by atoms with Crippen LogP contribution in [0.5, 0.6) is 5.75 Å². The second-order valence-corrected chi connectivity index (χ2v) is 5.53. The topological polar surface area (TPSA) is 67.6 Å². The fourth-order valence-electron chi connectivity index (χ4n) is 3.25. The smallest absolute Gasteiger partial charge is 0.258 e. The van der Waals surface area contributed by atoms with Gasteiger partial charge in [-0.2, -0.15) is 0 Å². The third-order valence-corrected chi connectivity index (χ3v) is 4.23. The van der Waals surface area contributed by atoms with Crippen molar-refractivity contribution in [2.24, 2.45) is 0 Å². The lowest BCUT2D eigenvalue weighted by Crippen LogP contribution is -2.44. The molecule has 3 N–H and O–H groups in total. The number of nitrogen functional groups attached to an aromatic ring is 1. The first-order valence-electron chi connectivity index (χ1n) is 7.25. The molecular formula is C15H21N3O2. The van der Waals surface area contributed by atoms with Gasteiger partial charge in [-0.15, -0.1) is 0 Å². The third-order valence-electron chi connectivity index (χ3n) is 4.23. The van der Waals surface area contributed by atoms with Crippen molar-refractivity contribution in [3.63, 3.8) is 0 Å². The summed E-state index contributed by atoms with van der Waals surface area (Å²) in [6, 6.07) is 8.03. The molecule has 3 rings (SSSR count). The molecule has 1 aromatic carbocycles. The van der Waals surface area contributed by atoms with Crippen molar-refractivity contribution in [1.29, 1.82) is 0 Å². The third kappa shape index (κ3) is 2.72. The summed E-state index contributed by atoms with van der Waals surface area (Å²) in [5.74, 6) is 0.503. The van der Waals surface area contributed by atoms with Gasteiger partial charge < -0.3 is 15.8 Å². The number of nitrogens with zero attached hydrogens (tertiary/aromatic N) is 1. The molecule has 2 heterocycles. The summed E-state index contributed by atoms with van der Waals surface area (Å²) in [6.07, 6.45) is 3.48. The highest BCUT2D eigenvalue weighted by Gasteiger charge is 2.37. The van der Waals surface area contributed by atoms with E-state index in [1.54, 1.807) is 12.1 Å². The molecule has 2 fully saturated rings. The lowest BCUT2D eigenvalue weighted by Gasteiger charge is -2.21. The predicted octanol–water partition coefficient (Wildman–Crippen LogP) is 1.00. The quantitative estimate of drug-likeness (QED) is 0.805. The second kappa shape index (κ2) is 5.71. The fourth-order valence-corrected chi connectivity index (χ4v) is 3.25. The molecule has 108 valence electrons. The standard InChI is InChI=1S/C15H21N3O2/c16-11-4-1-2-6-14(11)20-10-15(19)17-12-7-9-18-8-3-5-13(12)18/h1-2,4,6,12-13H,3,5,7-10,16H2,(H,17,19). The molecule has 1 amide bonds. The molecule has 5 nitrogen and oxygen atoms in total. The number of ether oxygens (including phenoxy) is 1. The van der Waals surface area contributed by atoms with Crippen LogP contribution < -0.4 is 15.8 Å². The molecule has 2 aliphatic heterocycles. The van der Waals surface area contributed by atoms with Gasteiger partial charge in [0.25, 0.3) is 5.91 Å². The molecule has 2 unspecified atom stereocenters. The number of amides is 1. The largest absolute Gasteiger partial charge is 0.482 e. The van der Waals surface area contributed by atoms with Gasteiger partial charge in [0.2, 0.25) is 0 Å². The van der Waals surface area contributed by atoms with Crippen molar-refractivity contribution in [3.8, 4) is 5.75 Å². The highest BCUT2D eigenvalue weighted by molar-refractivity contribution is 5.78. The van der Waals surface area contributed by atoms with E-state index in [0.29, 0.717) is 17.5 Å². The Morgan fingerprint density at radius 1 is 1.35 bits per heavy atom. The van der Waals surface area contributed by atoms with Crippen LogP contribution in [-0.2, 0) is 4.79 Å². The van der Waals surface area contributed by atoms with Gasteiger partial charge in [0.1, 0.15) is 5.75 Å². The maximum atomic E-state index is 12.0. The molecule has 2 atom stereocenters. The Hall–Kier alpha value is -1.75. The molecular weight excluding hydrogens is 254 g/mol. The van der Waals surface area contributed by atoms with Crippen molar-refractivity contribution in [2.45, 2.75) is 31.3 Å². The molecule has 0 aliphatic carbocycles. The number of hydrogen-bond acceptors (Lipinski definition) is 4. The van der Waals surface area contributed by atoms with Crippen molar-refractivity contribution >= 4 is 11.6 Å². The van der Waals surface area contributed by atoms with Crippen molar-refractivity contribution in [1.82, 2.24) is 10.2 Å². The van der Waals surface area contributed by atoms with Crippen LogP contribution >= 0.6 is 0 Å². The van der Waals surface area contributed by atoms with Crippen LogP contribution in [0.2, 0.25) is 0 Å². The molecule has 20 heavy (non-hydrogen) atoms. The highest BCUT2D eigenvalue weighted by atomic mass is 16.5. The molecule has 0 aromatic heterocycles. The van der Waals surface area contributed by atoms with E-state index in [9.17, 15) is 4.79 Å². The fraction of sp³-hybridized carbons (Fsp3) is 0.533. The molecule has 2 aliphatic rings. The molecule has 0 saturated carbocycles. The number of para-hydroxylation sites is 2. The van der Waals surface area contributed by atoms with E-state index >= 15 is 0 Å². The number of hydrogen-bond donors (Lipinski definition) is 2. The number of fused-ring (bicyclic) bond motifs is 1. The number of nitrogens with two attached hydrogens (primary N) is 1. The molecule has 5 heteroatoms. The zero-order valence-corrected chi connectivity index (χ0v) is 11.5. The normalized spacial score (nSPS) is 25.4. The minimum absolute atomic E-state index is 0.0252.